The van der Waals surface area contributed by atoms with Crippen LogP contribution in [0.4, 0.5) is 0 Å². The van der Waals surface area contributed by atoms with E-state index in [2.05, 4.69) is 31.9 Å². The molecular formula is C9H9Br2NO3. The van der Waals surface area contributed by atoms with E-state index in [9.17, 15) is 4.79 Å². The standard InChI is InChI=1S/C9H9Br2NO3/c10-9(11,7(12)8(14)15)5-1-3-6(13)4-2-5/h1-4,7,13H,12H2,(H,14,15)/t7-/m1/s1. The van der Waals surface area contributed by atoms with Crippen molar-refractivity contribution in [3.05, 3.63) is 29.8 Å². The maximum atomic E-state index is 10.8. The van der Waals surface area contributed by atoms with Crippen molar-refractivity contribution in [3.8, 4) is 5.75 Å². The van der Waals surface area contributed by atoms with Gasteiger partial charge in [0.15, 0.2) is 0 Å². The van der Waals surface area contributed by atoms with Gasteiger partial charge in [0.05, 0.1) is 0 Å². The molecule has 15 heavy (non-hydrogen) atoms. The second-order valence-corrected chi connectivity index (χ2v) is 6.55. The third-order valence-electron chi connectivity index (χ3n) is 1.91. The minimum absolute atomic E-state index is 0.110. The molecule has 4 N–H and O–H groups in total. The Labute approximate surface area is 103 Å². The van der Waals surface area contributed by atoms with Gasteiger partial charge >= 0.3 is 5.97 Å². The van der Waals surface area contributed by atoms with Crippen LogP contribution in [0, 0.1) is 0 Å². The highest BCUT2D eigenvalue weighted by Crippen LogP contribution is 2.41. The number of phenols is 1. The first-order valence-electron chi connectivity index (χ1n) is 4.01. The summed E-state index contributed by atoms with van der Waals surface area (Å²) >= 11 is 6.42. The van der Waals surface area contributed by atoms with Gasteiger partial charge in [0, 0.05) is 0 Å². The summed E-state index contributed by atoms with van der Waals surface area (Å²) in [5.74, 6) is -1.02. The van der Waals surface area contributed by atoms with E-state index in [-0.39, 0.29) is 5.75 Å². The van der Waals surface area contributed by atoms with Gasteiger partial charge in [-0.25, -0.2) is 0 Å². The van der Waals surface area contributed by atoms with Crippen molar-refractivity contribution in [2.24, 2.45) is 5.73 Å². The average molecular weight is 339 g/mol. The molecule has 6 heteroatoms. The molecule has 0 aliphatic carbocycles. The molecule has 0 aliphatic heterocycles. The number of carbonyl (C=O) groups is 1. The first kappa shape index (κ1) is 12.5. The van der Waals surface area contributed by atoms with Crippen LogP contribution in [-0.4, -0.2) is 22.2 Å². The van der Waals surface area contributed by atoms with Crippen LogP contribution >= 0.6 is 31.9 Å². The van der Waals surface area contributed by atoms with E-state index in [1.807, 2.05) is 0 Å². The molecule has 0 aromatic heterocycles. The van der Waals surface area contributed by atoms with E-state index in [4.69, 9.17) is 15.9 Å². The number of carboxylic acid groups (broad SMARTS) is 1. The summed E-state index contributed by atoms with van der Waals surface area (Å²) < 4.78 is -1.04. The molecule has 1 rings (SSSR count). The first-order chi connectivity index (χ1) is 6.85. The van der Waals surface area contributed by atoms with Gasteiger partial charge in [-0.1, -0.05) is 44.0 Å². The molecule has 1 atom stereocenters. The number of halogens is 2. The van der Waals surface area contributed by atoms with E-state index in [0.717, 1.165) is 0 Å². The molecule has 0 amide bonds. The molecule has 0 aliphatic rings. The number of alkyl halides is 2. The van der Waals surface area contributed by atoms with E-state index in [0.29, 0.717) is 5.56 Å². The number of aliphatic carboxylic acids is 1. The molecule has 0 bridgehead atoms. The average Bonchev–Trinajstić information content (AvgIpc) is 2.17. The monoisotopic (exact) mass is 337 g/mol. The van der Waals surface area contributed by atoms with Crippen LogP contribution in [-0.2, 0) is 8.03 Å². The molecular weight excluding hydrogens is 330 g/mol. The van der Waals surface area contributed by atoms with Gasteiger partial charge in [0.25, 0.3) is 0 Å². The van der Waals surface area contributed by atoms with Crippen LogP contribution in [0.3, 0.4) is 0 Å². The van der Waals surface area contributed by atoms with Gasteiger partial charge in [0.1, 0.15) is 15.0 Å². The Morgan fingerprint density at radius 3 is 2.20 bits per heavy atom. The van der Waals surface area contributed by atoms with Crippen molar-refractivity contribution >= 4 is 37.8 Å². The molecule has 0 fully saturated rings. The number of hydrogen-bond donors (Lipinski definition) is 3. The van der Waals surface area contributed by atoms with Crippen LogP contribution in [0.5, 0.6) is 5.75 Å². The summed E-state index contributed by atoms with van der Waals surface area (Å²) in [5.41, 5.74) is 6.13. The largest absolute Gasteiger partial charge is 0.508 e. The molecule has 0 unspecified atom stereocenters. The molecule has 0 radical (unpaired) electrons. The minimum atomic E-state index is -1.14. The number of rotatable bonds is 3. The number of carboxylic acids is 1. The molecule has 0 saturated carbocycles. The van der Waals surface area contributed by atoms with E-state index >= 15 is 0 Å². The second kappa shape index (κ2) is 4.51. The predicted molar refractivity (Wildman–Crippen MR) is 63.3 cm³/mol. The smallest absolute Gasteiger partial charge is 0.323 e. The molecule has 0 heterocycles. The lowest BCUT2D eigenvalue weighted by molar-refractivity contribution is -0.138. The van der Waals surface area contributed by atoms with Crippen LogP contribution in [0.1, 0.15) is 5.56 Å². The Morgan fingerprint density at radius 2 is 1.80 bits per heavy atom. The van der Waals surface area contributed by atoms with E-state index < -0.39 is 15.2 Å². The topological polar surface area (TPSA) is 83.6 Å². The van der Waals surface area contributed by atoms with Crippen molar-refractivity contribution in [2.75, 3.05) is 0 Å². The summed E-state index contributed by atoms with van der Waals surface area (Å²) in [5, 5.41) is 17.9. The van der Waals surface area contributed by atoms with Crippen molar-refractivity contribution in [1.82, 2.24) is 0 Å². The number of benzene rings is 1. The van der Waals surface area contributed by atoms with Crippen molar-refractivity contribution in [1.29, 1.82) is 0 Å². The van der Waals surface area contributed by atoms with Crippen molar-refractivity contribution < 1.29 is 15.0 Å². The molecule has 0 spiro atoms. The van der Waals surface area contributed by atoms with Crippen LogP contribution in [0.2, 0.25) is 0 Å². The summed E-state index contributed by atoms with van der Waals surface area (Å²) in [6.07, 6.45) is 0. The lowest BCUT2D eigenvalue weighted by Gasteiger charge is -2.24. The minimum Gasteiger partial charge on any atom is -0.508 e. The molecule has 1 aromatic rings. The van der Waals surface area contributed by atoms with Crippen LogP contribution < -0.4 is 5.73 Å². The number of phenolic OH excluding ortho intramolecular Hbond substituents is 1. The Bertz CT molecular complexity index is 364. The van der Waals surface area contributed by atoms with Gasteiger partial charge in [0.2, 0.25) is 0 Å². The fraction of sp³-hybridized carbons (Fsp3) is 0.222. The Balaban J connectivity index is 3.05. The van der Waals surface area contributed by atoms with Crippen LogP contribution in [0.15, 0.2) is 24.3 Å². The second-order valence-electron chi connectivity index (χ2n) is 2.99. The number of aromatic hydroxyl groups is 1. The first-order valence-corrected chi connectivity index (χ1v) is 5.60. The normalized spacial score (nSPS) is 13.5. The highest BCUT2D eigenvalue weighted by Gasteiger charge is 2.37. The van der Waals surface area contributed by atoms with Gasteiger partial charge in [-0.05, 0) is 17.7 Å². The molecule has 1 aromatic carbocycles. The van der Waals surface area contributed by atoms with Gasteiger partial charge < -0.3 is 15.9 Å². The van der Waals surface area contributed by atoms with Crippen molar-refractivity contribution in [3.63, 3.8) is 0 Å². The Kier molecular flexibility index (Phi) is 3.75. The van der Waals surface area contributed by atoms with Crippen LogP contribution in [0.25, 0.3) is 0 Å². The zero-order chi connectivity index (χ0) is 11.6. The number of hydrogen-bond acceptors (Lipinski definition) is 3. The molecule has 0 saturated heterocycles. The summed E-state index contributed by atoms with van der Waals surface area (Å²) in [6.45, 7) is 0. The third kappa shape index (κ3) is 2.70. The highest BCUT2D eigenvalue weighted by atomic mass is 79.9. The predicted octanol–water partition coefficient (Wildman–Crippen LogP) is 1.75. The molecule has 4 nitrogen and oxygen atoms in total. The zero-order valence-corrected chi connectivity index (χ0v) is 10.7. The van der Waals surface area contributed by atoms with E-state index in [1.165, 1.54) is 12.1 Å². The quantitative estimate of drug-likeness (QED) is 0.733. The Morgan fingerprint density at radius 1 is 1.33 bits per heavy atom. The SMILES string of the molecule is N[C@H](C(=O)O)C(Br)(Br)c1ccc(O)cc1. The summed E-state index contributed by atoms with van der Waals surface area (Å²) in [7, 11) is 0. The van der Waals surface area contributed by atoms with Gasteiger partial charge in [-0.3, -0.25) is 4.79 Å². The zero-order valence-electron chi connectivity index (χ0n) is 7.52. The fourth-order valence-electron chi connectivity index (χ4n) is 1.02. The fourth-order valence-corrected chi connectivity index (χ4v) is 1.94. The lowest BCUT2D eigenvalue weighted by atomic mass is 10.1. The maximum absolute atomic E-state index is 10.8. The van der Waals surface area contributed by atoms with E-state index in [1.54, 1.807) is 12.1 Å². The number of nitrogens with two attached hydrogens (primary N) is 1. The maximum Gasteiger partial charge on any atom is 0.323 e. The summed E-state index contributed by atoms with van der Waals surface area (Å²) in [6, 6.07) is 4.95. The third-order valence-corrected chi connectivity index (χ3v) is 3.81. The van der Waals surface area contributed by atoms with Crippen molar-refractivity contribution in [2.45, 2.75) is 9.28 Å². The molecule has 82 valence electrons. The van der Waals surface area contributed by atoms with Gasteiger partial charge in [-0.2, -0.15) is 0 Å². The summed E-state index contributed by atoms with van der Waals surface area (Å²) in [4.78, 5) is 10.8. The van der Waals surface area contributed by atoms with Gasteiger partial charge in [-0.15, -0.1) is 0 Å². The lowest BCUT2D eigenvalue weighted by Crippen LogP contribution is -2.43. The highest BCUT2D eigenvalue weighted by molar-refractivity contribution is 9.24. The Hall–Kier alpha value is -0.590.